The molecule has 0 atom stereocenters. The lowest BCUT2D eigenvalue weighted by Gasteiger charge is -2.18. The number of carbonyl (C=O) groups excluding carboxylic acids is 1. The number of nitrogen functional groups attached to an aromatic ring is 1. The van der Waals surface area contributed by atoms with E-state index in [2.05, 4.69) is 15.3 Å². The lowest BCUT2D eigenvalue weighted by molar-refractivity contribution is -0.385. The minimum Gasteiger partial charge on any atom is -0.368 e. The molecule has 0 saturated heterocycles. The summed E-state index contributed by atoms with van der Waals surface area (Å²) in [6, 6.07) is 0. The maximum absolute atomic E-state index is 11.8. The molecular formula is C11H18N6O3. The molecule has 0 radical (unpaired) electrons. The number of carbonyl (C=O) groups is 1. The number of nitrogens with zero attached hydrogens (tertiary/aromatic N) is 4. The Balaban J connectivity index is 2.92. The van der Waals surface area contributed by atoms with Gasteiger partial charge >= 0.3 is 5.69 Å². The molecular weight excluding hydrogens is 264 g/mol. The third-order valence-corrected chi connectivity index (χ3v) is 2.78. The number of nitrogens with two attached hydrogens (primary N) is 1. The average Bonchev–Trinajstić information content (AvgIpc) is 2.36. The highest BCUT2D eigenvalue weighted by molar-refractivity contribution is 5.81. The highest BCUT2D eigenvalue weighted by atomic mass is 16.6. The molecule has 1 aromatic rings. The van der Waals surface area contributed by atoms with Gasteiger partial charge in [-0.2, -0.15) is 4.98 Å². The number of amides is 1. The number of rotatable bonds is 6. The van der Waals surface area contributed by atoms with Crippen molar-refractivity contribution in [2.75, 3.05) is 30.7 Å². The van der Waals surface area contributed by atoms with E-state index in [1.54, 1.807) is 4.90 Å². The van der Waals surface area contributed by atoms with E-state index in [4.69, 9.17) is 5.73 Å². The fourth-order valence-electron chi connectivity index (χ4n) is 1.78. The fraction of sp³-hybridized carbons (Fsp3) is 0.545. The van der Waals surface area contributed by atoms with Crippen molar-refractivity contribution in [3.8, 4) is 0 Å². The van der Waals surface area contributed by atoms with Crippen molar-refractivity contribution < 1.29 is 9.72 Å². The van der Waals surface area contributed by atoms with Crippen LogP contribution in [0, 0.1) is 17.0 Å². The van der Waals surface area contributed by atoms with Crippen LogP contribution in [0.1, 0.15) is 19.5 Å². The summed E-state index contributed by atoms with van der Waals surface area (Å²) in [5.74, 6) is -0.287. The summed E-state index contributed by atoms with van der Waals surface area (Å²) in [4.78, 5) is 31.4. The van der Waals surface area contributed by atoms with E-state index in [1.165, 1.54) is 6.92 Å². The summed E-state index contributed by atoms with van der Waals surface area (Å²) in [5, 5.41) is 13.7. The van der Waals surface area contributed by atoms with Crippen LogP contribution >= 0.6 is 0 Å². The summed E-state index contributed by atoms with van der Waals surface area (Å²) in [6.07, 6.45) is 0. The van der Waals surface area contributed by atoms with Gasteiger partial charge in [0.1, 0.15) is 5.69 Å². The molecule has 0 fully saturated rings. The van der Waals surface area contributed by atoms with Gasteiger partial charge < -0.3 is 16.0 Å². The number of hydrogen-bond acceptors (Lipinski definition) is 7. The largest absolute Gasteiger partial charge is 0.368 e. The fourth-order valence-corrected chi connectivity index (χ4v) is 1.78. The molecule has 0 spiro atoms. The Labute approximate surface area is 116 Å². The van der Waals surface area contributed by atoms with Gasteiger partial charge in [0.2, 0.25) is 17.7 Å². The number of aryl methyl sites for hydroxylation is 1. The van der Waals surface area contributed by atoms with Crippen LogP contribution in [-0.4, -0.2) is 45.3 Å². The van der Waals surface area contributed by atoms with Crippen LogP contribution in [-0.2, 0) is 4.79 Å². The minimum atomic E-state index is -0.598. The monoisotopic (exact) mass is 282 g/mol. The van der Waals surface area contributed by atoms with Crippen molar-refractivity contribution in [2.45, 2.75) is 20.8 Å². The van der Waals surface area contributed by atoms with Gasteiger partial charge in [0.25, 0.3) is 0 Å². The van der Waals surface area contributed by atoms with Crippen molar-refractivity contribution in [3.63, 3.8) is 0 Å². The summed E-state index contributed by atoms with van der Waals surface area (Å²) in [5.41, 5.74) is 5.35. The van der Waals surface area contributed by atoms with Crippen molar-refractivity contribution in [2.24, 2.45) is 0 Å². The van der Waals surface area contributed by atoms with Crippen LogP contribution in [0.25, 0.3) is 0 Å². The molecule has 0 aromatic carbocycles. The van der Waals surface area contributed by atoms with Crippen molar-refractivity contribution in [1.82, 2.24) is 14.9 Å². The maximum Gasteiger partial charge on any atom is 0.332 e. The Kier molecular flexibility index (Phi) is 5.18. The lowest BCUT2D eigenvalue weighted by atomic mass is 10.3. The van der Waals surface area contributed by atoms with Crippen LogP contribution in [0.2, 0.25) is 0 Å². The van der Waals surface area contributed by atoms with Crippen LogP contribution in [0.5, 0.6) is 0 Å². The number of hydrogen-bond donors (Lipinski definition) is 2. The lowest BCUT2D eigenvalue weighted by Crippen LogP contribution is -2.35. The van der Waals surface area contributed by atoms with E-state index in [9.17, 15) is 14.9 Å². The van der Waals surface area contributed by atoms with Crippen LogP contribution in [0.4, 0.5) is 17.5 Å². The Morgan fingerprint density at radius 3 is 2.50 bits per heavy atom. The van der Waals surface area contributed by atoms with Crippen LogP contribution in [0.15, 0.2) is 0 Å². The quantitative estimate of drug-likeness (QED) is 0.576. The van der Waals surface area contributed by atoms with Gasteiger partial charge in [-0.3, -0.25) is 14.9 Å². The third-order valence-electron chi connectivity index (χ3n) is 2.78. The molecule has 0 aliphatic heterocycles. The van der Waals surface area contributed by atoms with Crippen LogP contribution in [0.3, 0.4) is 0 Å². The molecule has 1 heterocycles. The van der Waals surface area contributed by atoms with E-state index in [0.717, 1.165) is 0 Å². The molecule has 1 amide bonds. The zero-order valence-corrected chi connectivity index (χ0v) is 11.7. The second kappa shape index (κ2) is 6.64. The highest BCUT2D eigenvalue weighted by Crippen LogP contribution is 2.25. The molecule has 0 unspecified atom stereocenters. The minimum absolute atomic E-state index is 0.0412. The number of nitrogens with one attached hydrogen (secondary N) is 1. The second-order valence-corrected chi connectivity index (χ2v) is 4.04. The van der Waals surface area contributed by atoms with Crippen molar-refractivity contribution >= 4 is 23.4 Å². The average molecular weight is 282 g/mol. The summed E-state index contributed by atoms with van der Waals surface area (Å²) in [7, 11) is 0. The van der Waals surface area contributed by atoms with E-state index in [-0.39, 0.29) is 35.6 Å². The summed E-state index contributed by atoms with van der Waals surface area (Å²) in [6.45, 7) is 6.24. The van der Waals surface area contributed by atoms with Gasteiger partial charge in [0.15, 0.2) is 0 Å². The van der Waals surface area contributed by atoms with Gasteiger partial charge in [-0.15, -0.1) is 0 Å². The predicted molar refractivity (Wildman–Crippen MR) is 74.3 cm³/mol. The molecule has 9 nitrogen and oxygen atoms in total. The standard InChI is InChI=1S/C11H18N6O3/c1-4-16(5-2)8(18)6-13-10-9(17(19)20)7(3)14-11(12)15-10/h4-6H2,1-3H3,(H3,12,13,14,15). The van der Waals surface area contributed by atoms with E-state index in [1.807, 2.05) is 13.8 Å². The Bertz CT molecular complexity index is 515. The molecule has 0 aliphatic carbocycles. The van der Waals surface area contributed by atoms with Gasteiger partial charge in [-0.1, -0.05) is 0 Å². The summed E-state index contributed by atoms with van der Waals surface area (Å²) >= 11 is 0. The number of likely N-dealkylation sites (N-methyl/N-ethyl adjacent to an activating group) is 1. The molecule has 0 saturated carbocycles. The van der Waals surface area contributed by atoms with Crippen molar-refractivity contribution in [3.05, 3.63) is 15.8 Å². The Morgan fingerprint density at radius 2 is 2.00 bits per heavy atom. The molecule has 0 aliphatic rings. The predicted octanol–water partition coefficient (Wildman–Crippen LogP) is 0.556. The first-order chi connectivity index (χ1) is 9.40. The first-order valence-electron chi connectivity index (χ1n) is 6.20. The van der Waals surface area contributed by atoms with E-state index < -0.39 is 4.92 Å². The Morgan fingerprint density at radius 1 is 1.40 bits per heavy atom. The zero-order chi connectivity index (χ0) is 15.3. The molecule has 20 heavy (non-hydrogen) atoms. The first kappa shape index (κ1) is 15.6. The first-order valence-corrected chi connectivity index (χ1v) is 6.20. The topological polar surface area (TPSA) is 127 Å². The molecule has 9 heteroatoms. The molecule has 3 N–H and O–H groups in total. The van der Waals surface area contributed by atoms with Gasteiger partial charge in [0, 0.05) is 13.1 Å². The van der Waals surface area contributed by atoms with Gasteiger partial charge in [-0.05, 0) is 20.8 Å². The normalized spacial score (nSPS) is 10.2. The molecule has 1 aromatic heterocycles. The van der Waals surface area contributed by atoms with Crippen molar-refractivity contribution in [1.29, 1.82) is 0 Å². The maximum atomic E-state index is 11.8. The van der Waals surface area contributed by atoms with Gasteiger partial charge in [-0.25, -0.2) is 4.98 Å². The number of anilines is 2. The molecule has 1 rings (SSSR count). The molecule has 110 valence electrons. The SMILES string of the molecule is CCN(CC)C(=O)CNc1nc(N)nc(C)c1[N+](=O)[O-]. The zero-order valence-electron chi connectivity index (χ0n) is 11.7. The molecule has 0 bridgehead atoms. The van der Waals surface area contributed by atoms with Gasteiger partial charge in [0.05, 0.1) is 11.5 Å². The third kappa shape index (κ3) is 3.53. The van der Waals surface area contributed by atoms with E-state index in [0.29, 0.717) is 13.1 Å². The highest BCUT2D eigenvalue weighted by Gasteiger charge is 2.22. The number of aromatic nitrogens is 2. The number of nitro groups is 1. The Hall–Kier alpha value is -2.45. The smallest absolute Gasteiger partial charge is 0.332 e. The second-order valence-electron chi connectivity index (χ2n) is 4.04. The van der Waals surface area contributed by atoms with E-state index >= 15 is 0 Å². The summed E-state index contributed by atoms with van der Waals surface area (Å²) < 4.78 is 0. The van der Waals surface area contributed by atoms with Crippen LogP contribution < -0.4 is 11.1 Å².